The highest BCUT2D eigenvalue weighted by Gasteiger charge is 2.02. The Kier molecular flexibility index (Phi) is 4.24. The van der Waals surface area contributed by atoms with Gasteiger partial charge in [0.2, 0.25) is 0 Å². The van der Waals surface area contributed by atoms with Gasteiger partial charge in [0, 0.05) is 17.2 Å². The predicted octanol–water partition coefficient (Wildman–Crippen LogP) is 3.75. The van der Waals surface area contributed by atoms with Crippen LogP contribution in [0.2, 0.25) is 0 Å². The summed E-state index contributed by atoms with van der Waals surface area (Å²) in [5.74, 6) is 1.00. The molecule has 0 radical (unpaired) electrons. The van der Waals surface area contributed by atoms with Gasteiger partial charge in [0.05, 0.1) is 0 Å². The van der Waals surface area contributed by atoms with Gasteiger partial charge in [0.15, 0.2) is 0 Å². The molecule has 2 heteroatoms. The molecule has 0 bridgehead atoms. The fraction of sp³-hybridized carbons (Fsp3) is 0.200. The molecular weight excluding hydrogens is 226 g/mol. The Hall–Kier alpha value is -1.25. The summed E-state index contributed by atoms with van der Waals surface area (Å²) in [6, 6.07) is 16.9. The van der Waals surface area contributed by atoms with Crippen LogP contribution in [0.1, 0.15) is 16.7 Å². The van der Waals surface area contributed by atoms with Crippen molar-refractivity contribution in [1.82, 2.24) is 0 Å². The Bertz CT molecular complexity index is 494. The number of thioether (sulfide) groups is 1. The molecule has 0 spiro atoms. The summed E-state index contributed by atoms with van der Waals surface area (Å²) < 4.78 is 0. The highest BCUT2D eigenvalue weighted by molar-refractivity contribution is 7.98. The van der Waals surface area contributed by atoms with Crippen LogP contribution in [-0.4, -0.2) is 0 Å². The normalized spacial score (nSPS) is 10.5. The van der Waals surface area contributed by atoms with Gasteiger partial charge in [-0.1, -0.05) is 42.5 Å². The first kappa shape index (κ1) is 12.2. The highest BCUT2D eigenvalue weighted by atomic mass is 32.2. The molecule has 0 saturated heterocycles. The maximum atomic E-state index is 5.74. The van der Waals surface area contributed by atoms with E-state index in [4.69, 9.17) is 5.73 Å². The first-order valence-corrected chi connectivity index (χ1v) is 6.75. The van der Waals surface area contributed by atoms with Crippen LogP contribution in [0.3, 0.4) is 0 Å². The van der Waals surface area contributed by atoms with Crippen LogP contribution < -0.4 is 5.73 Å². The molecule has 2 aromatic carbocycles. The summed E-state index contributed by atoms with van der Waals surface area (Å²) in [5, 5.41) is 0. The van der Waals surface area contributed by atoms with Crippen LogP contribution in [0.25, 0.3) is 0 Å². The molecule has 1 nitrogen and oxygen atoms in total. The van der Waals surface area contributed by atoms with E-state index in [1.807, 2.05) is 17.8 Å². The Labute approximate surface area is 107 Å². The van der Waals surface area contributed by atoms with Gasteiger partial charge < -0.3 is 5.73 Å². The molecule has 0 aliphatic heterocycles. The first-order valence-electron chi connectivity index (χ1n) is 5.76. The van der Waals surface area contributed by atoms with Crippen molar-refractivity contribution in [2.75, 3.05) is 0 Å². The van der Waals surface area contributed by atoms with E-state index in [1.54, 1.807) is 0 Å². The van der Waals surface area contributed by atoms with E-state index in [2.05, 4.69) is 49.4 Å². The molecule has 0 aromatic heterocycles. The molecule has 0 amide bonds. The van der Waals surface area contributed by atoms with E-state index < -0.39 is 0 Å². The van der Waals surface area contributed by atoms with Crippen LogP contribution in [-0.2, 0) is 12.3 Å². The van der Waals surface area contributed by atoms with E-state index in [1.165, 1.54) is 21.6 Å². The average molecular weight is 243 g/mol. The first-order chi connectivity index (χ1) is 8.31. The van der Waals surface area contributed by atoms with Gasteiger partial charge in [-0.3, -0.25) is 0 Å². The SMILES string of the molecule is Cc1ccccc1CSc1ccccc1CN. The van der Waals surface area contributed by atoms with Crippen LogP contribution in [0.5, 0.6) is 0 Å². The van der Waals surface area contributed by atoms with Gasteiger partial charge in [0.25, 0.3) is 0 Å². The van der Waals surface area contributed by atoms with Crippen molar-refractivity contribution in [3.63, 3.8) is 0 Å². The number of rotatable bonds is 4. The Morgan fingerprint density at radius 1 is 0.941 bits per heavy atom. The molecule has 0 unspecified atom stereocenters. The topological polar surface area (TPSA) is 26.0 Å². The Balaban J connectivity index is 2.10. The Morgan fingerprint density at radius 2 is 1.59 bits per heavy atom. The van der Waals surface area contributed by atoms with Crippen molar-refractivity contribution in [2.45, 2.75) is 24.1 Å². The van der Waals surface area contributed by atoms with Crippen LogP contribution in [0, 0.1) is 6.92 Å². The minimum absolute atomic E-state index is 0.608. The summed E-state index contributed by atoms with van der Waals surface area (Å²) in [6.07, 6.45) is 0. The zero-order valence-electron chi connectivity index (χ0n) is 10.0. The molecular formula is C15H17NS. The third-order valence-electron chi connectivity index (χ3n) is 2.84. The molecule has 2 aromatic rings. The van der Waals surface area contributed by atoms with Gasteiger partial charge >= 0.3 is 0 Å². The lowest BCUT2D eigenvalue weighted by atomic mass is 10.1. The number of aryl methyl sites for hydroxylation is 1. The fourth-order valence-electron chi connectivity index (χ4n) is 1.74. The summed E-state index contributed by atoms with van der Waals surface area (Å²) >= 11 is 1.86. The van der Waals surface area contributed by atoms with E-state index >= 15 is 0 Å². The molecule has 0 aliphatic carbocycles. The Morgan fingerprint density at radius 3 is 2.29 bits per heavy atom. The maximum Gasteiger partial charge on any atom is 0.0234 e. The predicted molar refractivity (Wildman–Crippen MR) is 75.1 cm³/mol. The highest BCUT2D eigenvalue weighted by Crippen LogP contribution is 2.26. The summed E-state index contributed by atoms with van der Waals surface area (Å²) in [6.45, 7) is 2.77. The quantitative estimate of drug-likeness (QED) is 0.828. The second kappa shape index (κ2) is 5.89. The van der Waals surface area contributed by atoms with Gasteiger partial charge in [0.1, 0.15) is 0 Å². The van der Waals surface area contributed by atoms with Crippen LogP contribution in [0.4, 0.5) is 0 Å². The lowest BCUT2D eigenvalue weighted by Crippen LogP contribution is -1.98. The molecule has 17 heavy (non-hydrogen) atoms. The number of benzene rings is 2. The molecule has 0 heterocycles. The number of nitrogens with two attached hydrogens (primary N) is 1. The van der Waals surface area contributed by atoms with E-state index in [-0.39, 0.29) is 0 Å². The van der Waals surface area contributed by atoms with E-state index in [9.17, 15) is 0 Å². The minimum atomic E-state index is 0.608. The standard InChI is InChI=1S/C15H17NS/c1-12-6-2-3-8-14(12)11-17-15-9-5-4-7-13(15)10-16/h2-9H,10-11,16H2,1H3. The van der Waals surface area contributed by atoms with Gasteiger partial charge in [-0.15, -0.1) is 11.8 Å². The molecule has 2 N–H and O–H groups in total. The molecule has 0 saturated carbocycles. The van der Waals surface area contributed by atoms with Crippen molar-refractivity contribution < 1.29 is 0 Å². The maximum absolute atomic E-state index is 5.74. The second-order valence-electron chi connectivity index (χ2n) is 4.03. The van der Waals surface area contributed by atoms with Crippen molar-refractivity contribution in [3.8, 4) is 0 Å². The monoisotopic (exact) mass is 243 g/mol. The third-order valence-corrected chi connectivity index (χ3v) is 4.00. The zero-order chi connectivity index (χ0) is 12.1. The van der Waals surface area contributed by atoms with Gasteiger partial charge in [-0.25, -0.2) is 0 Å². The molecule has 2 rings (SSSR count). The van der Waals surface area contributed by atoms with E-state index in [0.717, 1.165) is 5.75 Å². The smallest absolute Gasteiger partial charge is 0.0234 e. The van der Waals surface area contributed by atoms with Crippen LogP contribution >= 0.6 is 11.8 Å². The summed E-state index contributed by atoms with van der Waals surface area (Å²) in [5.41, 5.74) is 9.71. The second-order valence-corrected chi connectivity index (χ2v) is 5.04. The van der Waals surface area contributed by atoms with E-state index in [0.29, 0.717) is 6.54 Å². The molecule has 0 atom stereocenters. The van der Waals surface area contributed by atoms with Crippen molar-refractivity contribution >= 4 is 11.8 Å². The number of hydrogen-bond acceptors (Lipinski definition) is 2. The van der Waals surface area contributed by atoms with Gasteiger partial charge in [-0.05, 0) is 29.7 Å². The third kappa shape index (κ3) is 3.11. The van der Waals surface area contributed by atoms with Crippen LogP contribution in [0.15, 0.2) is 53.4 Å². The molecule has 88 valence electrons. The summed E-state index contributed by atoms with van der Waals surface area (Å²) in [4.78, 5) is 1.29. The minimum Gasteiger partial charge on any atom is -0.326 e. The molecule has 0 fully saturated rings. The lowest BCUT2D eigenvalue weighted by Gasteiger charge is -2.08. The zero-order valence-corrected chi connectivity index (χ0v) is 10.8. The largest absolute Gasteiger partial charge is 0.326 e. The average Bonchev–Trinajstić information content (AvgIpc) is 2.38. The fourth-order valence-corrected chi connectivity index (χ4v) is 2.89. The molecule has 0 aliphatic rings. The summed E-state index contributed by atoms with van der Waals surface area (Å²) in [7, 11) is 0. The number of hydrogen-bond donors (Lipinski definition) is 1. The lowest BCUT2D eigenvalue weighted by molar-refractivity contribution is 1.03. The van der Waals surface area contributed by atoms with Gasteiger partial charge in [-0.2, -0.15) is 0 Å². The van der Waals surface area contributed by atoms with Crippen molar-refractivity contribution in [2.24, 2.45) is 5.73 Å². The van der Waals surface area contributed by atoms with Crippen molar-refractivity contribution in [3.05, 3.63) is 65.2 Å². The van der Waals surface area contributed by atoms with Crippen molar-refractivity contribution in [1.29, 1.82) is 0 Å².